The lowest BCUT2D eigenvalue weighted by molar-refractivity contribution is 0.0954. The third kappa shape index (κ3) is 4.62. The Bertz CT molecular complexity index is 569. The van der Waals surface area contributed by atoms with Crippen molar-refractivity contribution in [2.24, 2.45) is 0 Å². The fourth-order valence-electron chi connectivity index (χ4n) is 1.72. The summed E-state index contributed by atoms with van der Waals surface area (Å²) in [4.78, 5) is 11.9. The average molecular weight is 430 g/mol. The van der Waals surface area contributed by atoms with E-state index in [4.69, 9.17) is 0 Å². The van der Waals surface area contributed by atoms with E-state index in [2.05, 4.69) is 56.0 Å². The number of hydrogen-bond donors (Lipinski definition) is 1. The first-order valence-electron chi connectivity index (χ1n) is 5.93. The number of carbonyl (C=O) groups excluding carboxylic acids is 1. The van der Waals surface area contributed by atoms with Gasteiger partial charge in [0.05, 0.1) is 0 Å². The average Bonchev–Trinajstić information content (AvgIpc) is 2.39. The van der Waals surface area contributed by atoms with E-state index in [0.29, 0.717) is 12.1 Å². The summed E-state index contributed by atoms with van der Waals surface area (Å²) in [7, 11) is 0. The molecule has 0 spiro atoms. The standard InChI is InChI=1S/C15H13BrINO/c16-13-3-1-2-11(10-13)8-9-18-15(19)12-4-6-14(17)7-5-12/h1-7,10H,8-9H2,(H,18,19). The van der Waals surface area contributed by atoms with Crippen LogP contribution in [0.3, 0.4) is 0 Å². The molecule has 98 valence electrons. The molecule has 2 aromatic rings. The predicted octanol–water partition coefficient (Wildman–Crippen LogP) is 4.03. The first-order chi connectivity index (χ1) is 9.15. The number of hydrogen-bond acceptors (Lipinski definition) is 1. The molecule has 0 atom stereocenters. The van der Waals surface area contributed by atoms with E-state index in [1.807, 2.05) is 36.4 Å². The summed E-state index contributed by atoms with van der Waals surface area (Å²) in [6.45, 7) is 0.640. The molecule has 0 heterocycles. The highest BCUT2D eigenvalue weighted by Gasteiger charge is 2.04. The SMILES string of the molecule is O=C(NCCc1cccc(Br)c1)c1ccc(I)cc1. The van der Waals surface area contributed by atoms with Crippen LogP contribution < -0.4 is 5.32 Å². The zero-order chi connectivity index (χ0) is 13.7. The molecule has 2 aromatic carbocycles. The lowest BCUT2D eigenvalue weighted by Crippen LogP contribution is -2.25. The molecule has 0 aliphatic carbocycles. The molecule has 1 N–H and O–H groups in total. The Hall–Kier alpha value is -0.880. The van der Waals surface area contributed by atoms with E-state index >= 15 is 0 Å². The maximum atomic E-state index is 11.9. The van der Waals surface area contributed by atoms with Crippen molar-refractivity contribution in [3.63, 3.8) is 0 Å². The molecule has 0 radical (unpaired) electrons. The van der Waals surface area contributed by atoms with Crippen molar-refractivity contribution < 1.29 is 4.79 Å². The minimum Gasteiger partial charge on any atom is -0.352 e. The molecule has 0 fully saturated rings. The van der Waals surface area contributed by atoms with Gasteiger partial charge in [-0.25, -0.2) is 0 Å². The number of rotatable bonds is 4. The highest BCUT2D eigenvalue weighted by atomic mass is 127. The van der Waals surface area contributed by atoms with Crippen LogP contribution in [-0.2, 0) is 6.42 Å². The van der Waals surface area contributed by atoms with Gasteiger partial charge in [-0.15, -0.1) is 0 Å². The largest absolute Gasteiger partial charge is 0.352 e. The molecule has 0 aromatic heterocycles. The highest BCUT2D eigenvalue weighted by Crippen LogP contribution is 2.12. The van der Waals surface area contributed by atoms with E-state index in [1.54, 1.807) is 0 Å². The van der Waals surface area contributed by atoms with Crippen LogP contribution in [0.15, 0.2) is 53.0 Å². The first kappa shape index (κ1) is 14.5. The van der Waals surface area contributed by atoms with Crippen molar-refractivity contribution in [2.75, 3.05) is 6.54 Å². The molecule has 0 saturated carbocycles. The molecule has 0 bridgehead atoms. The van der Waals surface area contributed by atoms with Crippen LogP contribution >= 0.6 is 38.5 Å². The van der Waals surface area contributed by atoms with Crippen molar-refractivity contribution in [2.45, 2.75) is 6.42 Å². The Morgan fingerprint density at radius 2 is 1.89 bits per heavy atom. The summed E-state index contributed by atoms with van der Waals surface area (Å²) in [5.74, 6) is -0.0219. The summed E-state index contributed by atoms with van der Waals surface area (Å²) in [6.07, 6.45) is 0.829. The van der Waals surface area contributed by atoms with Gasteiger partial charge in [0.2, 0.25) is 0 Å². The maximum absolute atomic E-state index is 11.9. The topological polar surface area (TPSA) is 29.1 Å². The number of amides is 1. The molecule has 1 amide bonds. The number of nitrogens with one attached hydrogen (secondary N) is 1. The van der Waals surface area contributed by atoms with E-state index < -0.39 is 0 Å². The van der Waals surface area contributed by atoms with E-state index in [9.17, 15) is 4.79 Å². The molecular weight excluding hydrogens is 417 g/mol. The van der Waals surface area contributed by atoms with Crippen molar-refractivity contribution in [3.05, 3.63) is 67.7 Å². The first-order valence-corrected chi connectivity index (χ1v) is 7.80. The summed E-state index contributed by atoms with van der Waals surface area (Å²) in [5, 5.41) is 2.93. The molecule has 0 aliphatic heterocycles. The second kappa shape index (κ2) is 7.05. The van der Waals surface area contributed by atoms with Gasteiger partial charge in [-0.3, -0.25) is 4.79 Å². The number of carbonyl (C=O) groups is 1. The van der Waals surface area contributed by atoms with Gasteiger partial charge in [-0.05, 0) is 71.0 Å². The third-order valence-corrected chi connectivity index (χ3v) is 3.91. The smallest absolute Gasteiger partial charge is 0.251 e. The Morgan fingerprint density at radius 1 is 1.16 bits per heavy atom. The van der Waals surface area contributed by atoms with Crippen LogP contribution in [0.25, 0.3) is 0 Å². The van der Waals surface area contributed by atoms with Crippen molar-refractivity contribution in [1.29, 1.82) is 0 Å². The molecular formula is C15H13BrINO. The van der Waals surface area contributed by atoms with Crippen molar-refractivity contribution >= 4 is 44.4 Å². The van der Waals surface area contributed by atoms with Gasteiger partial charge >= 0.3 is 0 Å². The van der Waals surface area contributed by atoms with Crippen LogP contribution in [0.4, 0.5) is 0 Å². The zero-order valence-corrected chi connectivity index (χ0v) is 13.9. The molecule has 2 rings (SSSR count). The van der Waals surface area contributed by atoms with Gasteiger partial charge in [-0.2, -0.15) is 0 Å². The van der Waals surface area contributed by atoms with E-state index in [1.165, 1.54) is 5.56 Å². The fraction of sp³-hybridized carbons (Fsp3) is 0.133. The summed E-state index contributed by atoms with van der Waals surface area (Å²) >= 11 is 5.66. The van der Waals surface area contributed by atoms with Gasteiger partial charge in [0.15, 0.2) is 0 Å². The van der Waals surface area contributed by atoms with Crippen LogP contribution in [0.5, 0.6) is 0 Å². The van der Waals surface area contributed by atoms with Gasteiger partial charge in [0.1, 0.15) is 0 Å². The zero-order valence-electron chi connectivity index (χ0n) is 10.2. The predicted molar refractivity (Wildman–Crippen MR) is 89.3 cm³/mol. The Labute approximate surface area is 134 Å². The molecule has 4 heteroatoms. The molecule has 19 heavy (non-hydrogen) atoms. The summed E-state index contributed by atoms with van der Waals surface area (Å²) < 4.78 is 2.19. The van der Waals surface area contributed by atoms with Gasteiger partial charge < -0.3 is 5.32 Å². The Kier molecular flexibility index (Phi) is 5.39. The van der Waals surface area contributed by atoms with Gasteiger partial charge in [0.25, 0.3) is 5.91 Å². The van der Waals surface area contributed by atoms with Gasteiger partial charge in [0, 0.05) is 20.2 Å². The number of benzene rings is 2. The summed E-state index contributed by atoms with van der Waals surface area (Å²) in [6, 6.07) is 15.7. The molecule has 2 nitrogen and oxygen atoms in total. The third-order valence-electron chi connectivity index (χ3n) is 2.69. The van der Waals surface area contributed by atoms with Crippen LogP contribution in [0.1, 0.15) is 15.9 Å². The highest BCUT2D eigenvalue weighted by molar-refractivity contribution is 14.1. The fourth-order valence-corrected chi connectivity index (χ4v) is 2.52. The second-order valence-electron chi connectivity index (χ2n) is 4.14. The lowest BCUT2D eigenvalue weighted by Gasteiger charge is -2.06. The quantitative estimate of drug-likeness (QED) is 0.730. The maximum Gasteiger partial charge on any atom is 0.251 e. The Balaban J connectivity index is 1.86. The minimum atomic E-state index is -0.0219. The van der Waals surface area contributed by atoms with Crippen molar-refractivity contribution in [1.82, 2.24) is 5.32 Å². The minimum absolute atomic E-state index is 0.0219. The van der Waals surface area contributed by atoms with E-state index in [0.717, 1.165) is 14.5 Å². The van der Waals surface area contributed by atoms with Crippen LogP contribution in [0, 0.1) is 3.57 Å². The Morgan fingerprint density at radius 3 is 2.58 bits per heavy atom. The van der Waals surface area contributed by atoms with Gasteiger partial charge in [-0.1, -0.05) is 28.1 Å². The molecule has 0 aliphatic rings. The normalized spacial score (nSPS) is 10.2. The van der Waals surface area contributed by atoms with E-state index in [-0.39, 0.29) is 5.91 Å². The molecule has 0 saturated heterocycles. The monoisotopic (exact) mass is 429 g/mol. The lowest BCUT2D eigenvalue weighted by atomic mass is 10.1. The van der Waals surface area contributed by atoms with Crippen LogP contribution in [0.2, 0.25) is 0 Å². The summed E-state index contributed by atoms with van der Waals surface area (Å²) in [5.41, 5.74) is 1.91. The second-order valence-corrected chi connectivity index (χ2v) is 6.30. The van der Waals surface area contributed by atoms with Crippen molar-refractivity contribution in [3.8, 4) is 0 Å². The molecule has 0 unspecified atom stereocenters. The van der Waals surface area contributed by atoms with Crippen LogP contribution in [-0.4, -0.2) is 12.5 Å². The number of halogens is 2.